The van der Waals surface area contributed by atoms with Gasteiger partial charge in [-0.2, -0.15) is 18.2 Å². The van der Waals surface area contributed by atoms with Gasteiger partial charge in [0, 0.05) is 23.7 Å². The molecule has 210 valence electrons. The van der Waals surface area contributed by atoms with E-state index in [0.717, 1.165) is 17.7 Å². The van der Waals surface area contributed by atoms with Gasteiger partial charge in [0.15, 0.2) is 12.4 Å². The van der Waals surface area contributed by atoms with Crippen molar-refractivity contribution >= 4 is 27.3 Å². The molecule has 1 aromatic heterocycles. The number of nitrogens with one attached hydrogen (secondary N) is 2. The lowest BCUT2D eigenvalue weighted by molar-refractivity contribution is -0.137. The number of hydrogen-bond donors (Lipinski definition) is 2. The Hall–Kier alpha value is -4.39. The van der Waals surface area contributed by atoms with Gasteiger partial charge >= 0.3 is 6.18 Å². The van der Waals surface area contributed by atoms with E-state index in [1.165, 1.54) is 30.3 Å². The minimum absolute atomic E-state index is 0.141. The van der Waals surface area contributed by atoms with Crippen molar-refractivity contribution < 1.29 is 35.6 Å². The third-order valence-corrected chi connectivity index (χ3v) is 6.92. The molecule has 1 heterocycles. The zero-order valence-corrected chi connectivity index (χ0v) is 22.2. The molecule has 0 aliphatic heterocycles. The first-order chi connectivity index (χ1) is 18.9. The Kier molecular flexibility index (Phi) is 8.43. The maximum absolute atomic E-state index is 12.9. The van der Waals surface area contributed by atoms with E-state index >= 15 is 0 Å². The van der Waals surface area contributed by atoms with E-state index in [9.17, 15) is 26.4 Å². The van der Waals surface area contributed by atoms with Crippen molar-refractivity contribution in [3.05, 3.63) is 95.6 Å². The van der Waals surface area contributed by atoms with E-state index < -0.39 is 27.7 Å². The minimum atomic E-state index is -4.61. The van der Waals surface area contributed by atoms with E-state index in [2.05, 4.69) is 20.2 Å². The van der Waals surface area contributed by atoms with Gasteiger partial charge < -0.3 is 14.6 Å². The minimum Gasteiger partial charge on any atom is -0.484 e. The topological polar surface area (TPSA) is 123 Å². The van der Waals surface area contributed by atoms with Gasteiger partial charge in [0.05, 0.1) is 10.5 Å². The molecule has 0 unspecified atom stereocenters. The van der Waals surface area contributed by atoms with Crippen LogP contribution in [0.5, 0.6) is 5.75 Å². The van der Waals surface area contributed by atoms with Crippen LogP contribution in [-0.2, 0) is 27.4 Å². The van der Waals surface area contributed by atoms with Crippen molar-refractivity contribution in [1.29, 1.82) is 0 Å². The Balaban J connectivity index is 1.28. The van der Waals surface area contributed by atoms with E-state index in [4.69, 9.17) is 9.26 Å². The lowest BCUT2D eigenvalue weighted by Crippen LogP contribution is -2.20. The molecule has 2 N–H and O–H groups in total. The summed E-state index contributed by atoms with van der Waals surface area (Å²) < 4.78 is 76.6. The molecule has 1 amide bonds. The first-order valence-corrected chi connectivity index (χ1v) is 13.5. The third kappa shape index (κ3) is 7.59. The second-order valence-electron chi connectivity index (χ2n) is 9.07. The fraction of sp³-hybridized carbons (Fsp3) is 0.222. The van der Waals surface area contributed by atoms with Crippen molar-refractivity contribution in [3.63, 3.8) is 0 Å². The summed E-state index contributed by atoms with van der Waals surface area (Å²) in [6.45, 7) is 3.59. The molecule has 9 nitrogen and oxygen atoms in total. The Bertz CT molecular complexity index is 1570. The highest BCUT2D eigenvalue weighted by Crippen LogP contribution is 2.31. The van der Waals surface area contributed by atoms with E-state index in [-0.39, 0.29) is 28.9 Å². The fourth-order valence-electron chi connectivity index (χ4n) is 3.50. The number of amides is 1. The van der Waals surface area contributed by atoms with Crippen LogP contribution < -0.4 is 14.8 Å². The summed E-state index contributed by atoms with van der Waals surface area (Å²) in [6.07, 6.45) is -4.13. The number of nitrogens with zero attached hydrogens (tertiary/aromatic N) is 2. The molecular weight excluding hydrogens is 549 g/mol. The number of ether oxygens (including phenoxy) is 1. The number of aromatic nitrogens is 2. The van der Waals surface area contributed by atoms with Crippen molar-refractivity contribution in [3.8, 4) is 5.75 Å². The highest BCUT2D eigenvalue weighted by atomic mass is 32.2. The number of carbonyl (C=O) groups is 1. The number of rotatable bonds is 10. The lowest BCUT2D eigenvalue weighted by Gasteiger charge is -2.12. The van der Waals surface area contributed by atoms with Crippen LogP contribution in [0, 0.1) is 0 Å². The monoisotopic (exact) mass is 574 g/mol. The van der Waals surface area contributed by atoms with Gasteiger partial charge in [0.25, 0.3) is 15.9 Å². The van der Waals surface area contributed by atoms with Crippen LogP contribution in [0.2, 0.25) is 0 Å². The van der Waals surface area contributed by atoms with Gasteiger partial charge in [0.1, 0.15) is 5.75 Å². The van der Waals surface area contributed by atoms with Gasteiger partial charge in [-0.3, -0.25) is 9.52 Å². The van der Waals surface area contributed by atoms with Crippen LogP contribution >= 0.6 is 0 Å². The number of anilines is 2. The molecular formula is C27H25F3N4O5S. The Labute approximate surface area is 228 Å². The first kappa shape index (κ1) is 28.6. The standard InChI is InChI=1S/C27H25F3N4O5S/c1-17(2)26-32-24(33-39-26)14-18-6-8-20(9-7-18)31-25(35)16-38-22-10-12-23(13-11-22)40(36,37)34-21-5-3-4-19(15-21)27(28,29)30/h3-13,15,17,34H,14,16H2,1-2H3,(H,31,35). The summed E-state index contributed by atoms with van der Waals surface area (Å²) in [5, 5.41) is 6.66. The summed E-state index contributed by atoms with van der Waals surface area (Å²) in [5.41, 5.74) is 0.281. The average molecular weight is 575 g/mol. The molecule has 0 radical (unpaired) electrons. The highest BCUT2D eigenvalue weighted by Gasteiger charge is 2.30. The molecule has 0 saturated heterocycles. The van der Waals surface area contributed by atoms with Gasteiger partial charge in [0.2, 0.25) is 5.89 Å². The Morgan fingerprint density at radius 1 is 1.00 bits per heavy atom. The largest absolute Gasteiger partial charge is 0.484 e. The maximum Gasteiger partial charge on any atom is 0.416 e. The molecule has 0 aliphatic carbocycles. The molecule has 4 rings (SSSR count). The summed E-state index contributed by atoms with van der Waals surface area (Å²) in [4.78, 5) is 16.4. The predicted octanol–water partition coefficient (Wildman–Crippen LogP) is 5.62. The molecule has 40 heavy (non-hydrogen) atoms. The van der Waals surface area contributed by atoms with Crippen LogP contribution in [0.3, 0.4) is 0 Å². The predicted molar refractivity (Wildman–Crippen MR) is 140 cm³/mol. The summed E-state index contributed by atoms with van der Waals surface area (Å²) >= 11 is 0. The number of hydrogen-bond acceptors (Lipinski definition) is 7. The number of benzene rings is 3. The van der Waals surface area contributed by atoms with Crippen molar-refractivity contribution in [2.75, 3.05) is 16.6 Å². The van der Waals surface area contributed by atoms with Crippen molar-refractivity contribution in [1.82, 2.24) is 10.1 Å². The molecule has 0 saturated carbocycles. The second kappa shape index (κ2) is 11.8. The number of alkyl halides is 3. The van der Waals surface area contributed by atoms with Crippen molar-refractivity contribution in [2.24, 2.45) is 0 Å². The zero-order chi connectivity index (χ0) is 28.9. The van der Waals surface area contributed by atoms with Crippen LogP contribution in [0.15, 0.2) is 82.2 Å². The third-order valence-electron chi connectivity index (χ3n) is 5.52. The van der Waals surface area contributed by atoms with Gasteiger partial charge in [-0.05, 0) is 60.2 Å². The summed E-state index contributed by atoms with van der Waals surface area (Å²) in [7, 11) is -4.16. The lowest BCUT2D eigenvalue weighted by atomic mass is 10.1. The summed E-state index contributed by atoms with van der Waals surface area (Å²) in [6, 6.07) is 16.1. The van der Waals surface area contributed by atoms with E-state index in [1.807, 2.05) is 26.0 Å². The zero-order valence-electron chi connectivity index (χ0n) is 21.4. The molecule has 0 atom stereocenters. The second-order valence-corrected chi connectivity index (χ2v) is 10.8. The molecule has 0 spiro atoms. The van der Waals surface area contributed by atoms with Crippen molar-refractivity contribution in [2.45, 2.75) is 37.3 Å². The molecule has 0 aliphatic rings. The van der Waals surface area contributed by atoms with Crippen LogP contribution in [-0.4, -0.2) is 31.1 Å². The van der Waals surface area contributed by atoms with Gasteiger partial charge in [-0.25, -0.2) is 8.42 Å². The summed E-state index contributed by atoms with van der Waals surface area (Å²) in [5.74, 6) is 1.07. The normalized spacial score (nSPS) is 11.8. The maximum atomic E-state index is 12.9. The van der Waals surface area contributed by atoms with Crippen LogP contribution in [0.4, 0.5) is 24.5 Å². The molecule has 4 aromatic rings. The fourth-order valence-corrected chi connectivity index (χ4v) is 4.55. The van der Waals surface area contributed by atoms with Crippen LogP contribution in [0.25, 0.3) is 0 Å². The van der Waals surface area contributed by atoms with Crippen LogP contribution in [0.1, 0.15) is 42.6 Å². The molecule has 3 aromatic carbocycles. The van der Waals surface area contributed by atoms with Gasteiger partial charge in [-0.1, -0.05) is 37.2 Å². The molecule has 13 heteroatoms. The Morgan fingerprint density at radius 2 is 1.70 bits per heavy atom. The number of sulfonamides is 1. The Morgan fingerprint density at radius 3 is 2.33 bits per heavy atom. The molecule has 0 fully saturated rings. The first-order valence-electron chi connectivity index (χ1n) is 12.0. The molecule has 0 bridgehead atoms. The number of halogens is 3. The average Bonchev–Trinajstić information content (AvgIpc) is 3.37. The SMILES string of the molecule is CC(C)c1nc(Cc2ccc(NC(=O)COc3ccc(S(=O)(=O)Nc4cccc(C(F)(F)F)c4)cc3)cc2)no1. The highest BCUT2D eigenvalue weighted by molar-refractivity contribution is 7.92. The van der Waals surface area contributed by atoms with E-state index in [0.29, 0.717) is 29.9 Å². The smallest absolute Gasteiger partial charge is 0.416 e. The number of carbonyl (C=O) groups excluding carboxylic acids is 1. The van der Waals surface area contributed by atoms with E-state index in [1.54, 1.807) is 12.1 Å². The quantitative estimate of drug-likeness (QED) is 0.252. The van der Waals surface area contributed by atoms with Gasteiger partial charge in [-0.15, -0.1) is 0 Å².